The van der Waals surface area contributed by atoms with Gasteiger partial charge in [0.15, 0.2) is 0 Å². The summed E-state index contributed by atoms with van der Waals surface area (Å²) in [5.41, 5.74) is 3.77. The van der Waals surface area contributed by atoms with Crippen molar-refractivity contribution in [2.45, 2.75) is 0 Å². The molecule has 2 aliphatic rings. The minimum absolute atomic E-state index is 0.0608. The smallest absolute Gasteiger partial charge is 0.266 e. The van der Waals surface area contributed by atoms with Crippen LogP contribution in [-0.4, -0.2) is 70.7 Å². The van der Waals surface area contributed by atoms with Gasteiger partial charge in [-0.3, -0.25) is 19.9 Å². The fraction of sp³-hybridized carbons (Fsp3) is 0.353. The van der Waals surface area contributed by atoms with Gasteiger partial charge in [0.05, 0.1) is 4.91 Å². The summed E-state index contributed by atoms with van der Waals surface area (Å²) in [4.78, 5) is 29.0. The molecule has 2 fully saturated rings. The van der Waals surface area contributed by atoms with E-state index in [-0.39, 0.29) is 18.4 Å². The molecule has 2 amide bonds. The minimum atomic E-state index is -0.226. The predicted molar refractivity (Wildman–Crippen MR) is 111 cm³/mol. The monoisotopic (exact) mass is 454 g/mol. The lowest BCUT2D eigenvalue weighted by molar-refractivity contribution is -0.132. The third-order valence-corrected chi connectivity index (χ3v) is 6.04. The molecule has 2 aliphatic heterocycles. The first-order valence-electron chi connectivity index (χ1n) is 8.16. The van der Waals surface area contributed by atoms with Crippen LogP contribution in [-0.2, 0) is 9.59 Å². The zero-order valence-electron chi connectivity index (χ0n) is 14.3. The van der Waals surface area contributed by atoms with E-state index in [9.17, 15) is 9.59 Å². The summed E-state index contributed by atoms with van der Waals surface area (Å²) in [5.74, 6) is -0.452. The summed E-state index contributed by atoms with van der Waals surface area (Å²) in [5, 5.41) is 1.89. The first-order chi connectivity index (χ1) is 12.4. The molecule has 0 atom stereocenters. The lowest BCUT2D eigenvalue weighted by Gasteiger charge is -2.32. The maximum Gasteiger partial charge on any atom is 0.266 e. The molecule has 0 radical (unpaired) electrons. The Kier molecular flexibility index (Phi) is 6.46. The predicted octanol–water partition coefficient (Wildman–Crippen LogP) is 1.93. The molecule has 0 aliphatic carbocycles. The molecule has 9 heteroatoms. The second-order valence-electron chi connectivity index (χ2n) is 6.14. The highest BCUT2D eigenvalue weighted by atomic mass is 79.9. The van der Waals surface area contributed by atoms with Crippen molar-refractivity contribution in [3.8, 4) is 0 Å². The number of nitrogens with one attached hydrogen (secondary N) is 1. The van der Waals surface area contributed by atoms with Crippen LogP contribution in [0.1, 0.15) is 5.56 Å². The molecule has 3 rings (SSSR count). The number of halogens is 1. The average Bonchev–Trinajstić information content (AvgIpc) is 2.86. The van der Waals surface area contributed by atoms with Crippen molar-refractivity contribution in [2.24, 2.45) is 0 Å². The van der Waals surface area contributed by atoms with Crippen LogP contribution in [0.15, 0.2) is 33.6 Å². The number of benzene rings is 1. The molecule has 0 saturated carbocycles. The van der Waals surface area contributed by atoms with Gasteiger partial charge in [-0.05, 0) is 30.8 Å². The summed E-state index contributed by atoms with van der Waals surface area (Å²) < 4.78 is 1.38. The molecule has 1 aromatic carbocycles. The lowest BCUT2D eigenvalue weighted by Crippen LogP contribution is -2.54. The van der Waals surface area contributed by atoms with Gasteiger partial charge in [-0.15, -0.1) is 0 Å². The van der Waals surface area contributed by atoms with Gasteiger partial charge in [0.25, 0.3) is 11.8 Å². The van der Waals surface area contributed by atoms with Crippen LogP contribution in [0.4, 0.5) is 0 Å². The van der Waals surface area contributed by atoms with E-state index in [1.165, 1.54) is 16.7 Å². The van der Waals surface area contributed by atoms with Crippen molar-refractivity contribution in [3.05, 3.63) is 39.2 Å². The summed E-state index contributed by atoms with van der Waals surface area (Å²) in [6.45, 7) is 3.28. The lowest BCUT2D eigenvalue weighted by atomic mass is 10.2. The van der Waals surface area contributed by atoms with Gasteiger partial charge in [0.2, 0.25) is 0 Å². The van der Waals surface area contributed by atoms with Crippen LogP contribution < -0.4 is 5.43 Å². The van der Waals surface area contributed by atoms with Gasteiger partial charge in [-0.25, -0.2) is 5.01 Å². The molecule has 2 heterocycles. The highest BCUT2D eigenvalue weighted by molar-refractivity contribution is 9.10. The quantitative estimate of drug-likeness (QED) is 0.553. The van der Waals surface area contributed by atoms with E-state index in [4.69, 9.17) is 12.2 Å². The molecule has 0 aromatic heterocycles. The zero-order chi connectivity index (χ0) is 18.7. The van der Waals surface area contributed by atoms with Gasteiger partial charge >= 0.3 is 0 Å². The summed E-state index contributed by atoms with van der Waals surface area (Å²) >= 11 is 9.90. The standard InChI is InChI=1S/C17H19BrN4O2S2/c1-20-6-8-21(9-7-20)19-15(23)11-22-16(24)14(26-17(22)25)10-12-2-4-13(18)5-3-12/h2-5,10H,6-9,11H2,1H3,(H,19,23)/b14-10-. The Morgan fingerprint density at radius 3 is 2.58 bits per heavy atom. The number of amides is 2. The van der Waals surface area contributed by atoms with Crippen LogP contribution >= 0.6 is 39.9 Å². The van der Waals surface area contributed by atoms with Crippen LogP contribution in [0, 0.1) is 0 Å². The van der Waals surface area contributed by atoms with Crippen LogP contribution in [0.3, 0.4) is 0 Å². The Balaban J connectivity index is 1.60. The van der Waals surface area contributed by atoms with Crippen molar-refractivity contribution >= 4 is 62.1 Å². The van der Waals surface area contributed by atoms with Gasteiger partial charge < -0.3 is 4.90 Å². The molecular weight excluding hydrogens is 436 g/mol. The number of carbonyl (C=O) groups excluding carboxylic acids is 2. The normalized spacial score (nSPS) is 20.8. The third kappa shape index (κ3) is 4.92. The number of thiocarbonyl (C=S) groups is 1. The minimum Gasteiger partial charge on any atom is -0.304 e. The Labute approximate surface area is 170 Å². The first-order valence-corrected chi connectivity index (χ1v) is 10.2. The highest BCUT2D eigenvalue weighted by Gasteiger charge is 2.33. The number of rotatable bonds is 4. The van der Waals surface area contributed by atoms with Crippen molar-refractivity contribution < 1.29 is 9.59 Å². The van der Waals surface area contributed by atoms with Crippen molar-refractivity contribution in [1.82, 2.24) is 20.2 Å². The number of hydrogen-bond acceptors (Lipinski definition) is 6. The molecular formula is C17H19BrN4O2S2. The summed E-state index contributed by atoms with van der Waals surface area (Å²) in [6.07, 6.45) is 1.80. The van der Waals surface area contributed by atoms with E-state index in [0.29, 0.717) is 9.23 Å². The molecule has 6 nitrogen and oxygen atoms in total. The molecule has 1 N–H and O–H groups in total. The van der Waals surface area contributed by atoms with Crippen LogP contribution in [0.5, 0.6) is 0 Å². The van der Waals surface area contributed by atoms with E-state index < -0.39 is 0 Å². The molecule has 0 bridgehead atoms. The average molecular weight is 455 g/mol. The van der Waals surface area contributed by atoms with E-state index >= 15 is 0 Å². The second-order valence-corrected chi connectivity index (χ2v) is 8.74. The number of hydrazine groups is 1. The summed E-state index contributed by atoms with van der Waals surface area (Å²) in [6, 6.07) is 7.65. The number of thioether (sulfide) groups is 1. The van der Waals surface area contributed by atoms with E-state index in [1.807, 2.05) is 29.3 Å². The van der Waals surface area contributed by atoms with E-state index in [0.717, 1.165) is 36.2 Å². The van der Waals surface area contributed by atoms with Crippen LogP contribution in [0.25, 0.3) is 6.08 Å². The van der Waals surface area contributed by atoms with Gasteiger partial charge in [0.1, 0.15) is 10.9 Å². The molecule has 138 valence electrons. The van der Waals surface area contributed by atoms with Crippen molar-refractivity contribution in [2.75, 3.05) is 39.8 Å². The largest absolute Gasteiger partial charge is 0.304 e. The number of nitrogens with zero attached hydrogens (tertiary/aromatic N) is 3. The number of hydrogen-bond donors (Lipinski definition) is 1. The fourth-order valence-corrected chi connectivity index (χ4v) is 4.14. The van der Waals surface area contributed by atoms with Crippen molar-refractivity contribution in [1.29, 1.82) is 0 Å². The molecule has 0 spiro atoms. The summed E-state index contributed by atoms with van der Waals surface area (Å²) in [7, 11) is 2.05. The highest BCUT2D eigenvalue weighted by Crippen LogP contribution is 2.32. The Morgan fingerprint density at radius 1 is 1.27 bits per heavy atom. The molecule has 1 aromatic rings. The van der Waals surface area contributed by atoms with Crippen LogP contribution in [0.2, 0.25) is 0 Å². The van der Waals surface area contributed by atoms with Gasteiger partial charge in [-0.2, -0.15) is 0 Å². The Hall–Kier alpha value is -1.26. The third-order valence-electron chi connectivity index (χ3n) is 4.13. The maximum absolute atomic E-state index is 12.6. The Bertz CT molecular complexity index is 746. The SMILES string of the molecule is CN1CCN(NC(=O)CN2C(=O)/C(=C/c3ccc(Br)cc3)SC2=S)CC1. The second kappa shape index (κ2) is 8.62. The first kappa shape index (κ1) is 19.5. The Morgan fingerprint density at radius 2 is 1.92 bits per heavy atom. The van der Waals surface area contributed by atoms with Gasteiger partial charge in [-0.1, -0.05) is 52.0 Å². The number of likely N-dealkylation sites (N-methyl/N-ethyl adjacent to an activating group) is 1. The number of piperazine rings is 1. The van der Waals surface area contributed by atoms with Gasteiger partial charge in [0, 0.05) is 30.7 Å². The number of carbonyl (C=O) groups is 2. The molecule has 2 saturated heterocycles. The van der Waals surface area contributed by atoms with E-state index in [2.05, 4.69) is 33.3 Å². The van der Waals surface area contributed by atoms with Crippen molar-refractivity contribution in [3.63, 3.8) is 0 Å². The maximum atomic E-state index is 12.6. The molecule has 0 unspecified atom stereocenters. The molecule has 26 heavy (non-hydrogen) atoms. The topological polar surface area (TPSA) is 55.9 Å². The van der Waals surface area contributed by atoms with E-state index in [1.54, 1.807) is 6.08 Å². The zero-order valence-corrected chi connectivity index (χ0v) is 17.5. The fourth-order valence-electron chi connectivity index (χ4n) is 2.62.